The maximum Gasteiger partial charge on any atom is 0.308 e. The van der Waals surface area contributed by atoms with Crippen molar-refractivity contribution in [1.82, 2.24) is 15.5 Å². The molecule has 1 atom stereocenters. The molecule has 0 bridgehead atoms. The van der Waals surface area contributed by atoms with Crippen LogP contribution < -0.4 is 15.4 Å². The first-order valence-electron chi connectivity index (χ1n) is 9.24. The van der Waals surface area contributed by atoms with Gasteiger partial charge < -0.3 is 19.7 Å². The molecule has 2 N–H and O–H groups in total. The van der Waals surface area contributed by atoms with Gasteiger partial charge in [-0.3, -0.25) is 19.7 Å². The molecule has 8 nitrogen and oxygen atoms in total. The topological polar surface area (TPSA) is 97.0 Å². The minimum Gasteiger partial charge on any atom is -0.493 e. The van der Waals surface area contributed by atoms with Gasteiger partial charge in [-0.15, -0.1) is 0 Å². The molecule has 1 saturated heterocycles. The summed E-state index contributed by atoms with van der Waals surface area (Å²) in [6.45, 7) is 6.40. The standard InChI is InChI=1S/C19H24BrN3O5S/c1-4-27-15-6-5-12(20)9-13(15)17(25)22-19(29)23-8-7-21-18(26)14(23)10-16(24)28-11(2)3/h5-6,9,11,14H,4,7-8,10H2,1-3H3,(H,21,26)(H,22,25,29). The Kier molecular flexibility index (Phi) is 8.39. The maximum atomic E-state index is 12.8. The largest absolute Gasteiger partial charge is 0.493 e. The molecule has 1 aromatic carbocycles. The van der Waals surface area contributed by atoms with Crippen molar-refractivity contribution in [1.29, 1.82) is 0 Å². The lowest BCUT2D eigenvalue weighted by Gasteiger charge is -2.36. The predicted octanol–water partition coefficient (Wildman–Crippen LogP) is 2.00. The fraction of sp³-hybridized carbons (Fsp3) is 0.474. The molecule has 0 saturated carbocycles. The van der Waals surface area contributed by atoms with Gasteiger partial charge in [-0.05, 0) is 51.2 Å². The molecule has 0 aromatic heterocycles. The third-order valence-corrected chi connectivity index (χ3v) is 4.86. The van der Waals surface area contributed by atoms with E-state index in [1.165, 1.54) is 4.90 Å². The third kappa shape index (κ3) is 6.40. The van der Waals surface area contributed by atoms with E-state index >= 15 is 0 Å². The second-order valence-electron chi connectivity index (χ2n) is 6.58. The van der Waals surface area contributed by atoms with E-state index in [0.717, 1.165) is 0 Å². The average Bonchev–Trinajstić information content (AvgIpc) is 2.64. The molecular weight excluding hydrogens is 462 g/mol. The molecule has 10 heteroatoms. The zero-order valence-electron chi connectivity index (χ0n) is 16.5. The minimum absolute atomic E-state index is 0.0645. The van der Waals surface area contributed by atoms with Crippen LogP contribution in [0.2, 0.25) is 0 Å². The van der Waals surface area contributed by atoms with Crippen molar-refractivity contribution in [3.05, 3.63) is 28.2 Å². The van der Waals surface area contributed by atoms with E-state index in [0.29, 0.717) is 35.5 Å². The van der Waals surface area contributed by atoms with Gasteiger partial charge in [0, 0.05) is 17.6 Å². The van der Waals surface area contributed by atoms with E-state index in [1.807, 2.05) is 6.92 Å². The SMILES string of the molecule is CCOc1ccc(Br)cc1C(=O)NC(=S)N1CCNC(=O)C1CC(=O)OC(C)C. The predicted molar refractivity (Wildman–Crippen MR) is 115 cm³/mol. The number of piperazine rings is 1. The van der Waals surface area contributed by atoms with Gasteiger partial charge >= 0.3 is 5.97 Å². The van der Waals surface area contributed by atoms with Crippen LogP contribution >= 0.6 is 28.1 Å². The number of thiocarbonyl (C=S) groups is 1. The summed E-state index contributed by atoms with van der Waals surface area (Å²) in [5.74, 6) is -0.892. The minimum atomic E-state index is -0.850. The zero-order chi connectivity index (χ0) is 21.6. The van der Waals surface area contributed by atoms with Crippen LogP contribution in [0.25, 0.3) is 0 Å². The van der Waals surface area contributed by atoms with Crippen molar-refractivity contribution in [2.75, 3.05) is 19.7 Å². The molecular formula is C19H24BrN3O5S. The Morgan fingerprint density at radius 1 is 1.41 bits per heavy atom. The zero-order valence-corrected chi connectivity index (χ0v) is 18.9. The van der Waals surface area contributed by atoms with Gasteiger partial charge in [0.25, 0.3) is 5.91 Å². The Bertz CT molecular complexity index is 802. The summed E-state index contributed by atoms with van der Waals surface area (Å²) in [4.78, 5) is 38.7. The molecule has 1 fully saturated rings. The number of nitrogens with one attached hydrogen (secondary N) is 2. The number of esters is 1. The molecule has 29 heavy (non-hydrogen) atoms. The van der Waals surface area contributed by atoms with Gasteiger partial charge in [-0.2, -0.15) is 0 Å². The van der Waals surface area contributed by atoms with E-state index in [1.54, 1.807) is 32.0 Å². The molecule has 2 amide bonds. The van der Waals surface area contributed by atoms with Crippen LogP contribution in [0.5, 0.6) is 5.75 Å². The van der Waals surface area contributed by atoms with Gasteiger partial charge in [0.1, 0.15) is 11.8 Å². The number of ether oxygens (including phenoxy) is 2. The molecule has 1 aromatic rings. The molecule has 158 valence electrons. The van der Waals surface area contributed by atoms with Crippen molar-refractivity contribution >= 4 is 51.0 Å². The molecule has 0 aliphatic carbocycles. The first kappa shape index (κ1) is 23.1. The van der Waals surface area contributed by atoms with E-state index in [-0.39, 0.29) is 23.5 Å². The molecule has 1 unspecified atom stereocenters. The Morgan fingerprint density at radius 2 is 2.14 bits per heavy atom. The monoisotopic (exact) mass is 485 g/mol. The molecule has 0 radical (unpaired) electrons. The molecule has 1 heterocycles. The second kappa shape index (κ2) is 10.5. The highest BCUT2D eigenvalue weighted by atomic mass is 79.9. The molecule has 2 rings (SSSR count). The van der Waals surface area contributed by atoms with Crippen LogP contribution in [0.3, 0.4) is 0 Å². The van der Waals surface area contributed by atoms with Crippen LogP contribution in [-0.4, -0.2) is 59.6 Å². The second-order valence-corrected chi connectivity index (χ2v) is 7.88. The molecule has 0 spiro atoms. The quantitative estimate of drug-likeness (QED) is 0.469. The number of hydrogen-bond acceptors (Lipinski definition) is 6. The highest BCUT2D eigenvalue weighted by molar-refractivity contribution is 9.10. The van der Waals surface area contributed by atoms with Gasteiger partial charge in [0.15, 0.2) is 5.11 Å². The van der Waals surface area contributed by atoms with E-state index < -0.39 is 17.9 Å². The summed E-state index contributed by atoms with van der Waals surface area (Å²) in [6, 6.07) is 4.23. The van der Waals surface area contributed by atoms with Crippen LogP contribution in [-0.2, 0) is 14.3 Å². The summed E-state index contributed by atoms with van der Waals surface area (Å²) in [5.41, 5.74) is 0.306. The number of rotatable bonds is 6. The summed E-state index contributed by atoms with van der Waals surface area (Å²) >= 11 is 8.71. The number of benzene rings is 1. The first-order chi connectivity index (χ1) is 13.7. The summed E-state index contributed by atoms with van der Waals surface area (Å²) in [7, 11) is 0. The fourth-order valence-corrected chi connectivity index (χ4v) is 3.50. The van der Waals surface area contributed by atoms with E-state index in [9.17, 15) is 14.4 Å². The number of amides is 2. The van der Waals surface area contributed by atoms with Crippen molar-refractivity contribution in [3.8, 4) is 5.75 Å². The van der Waals surface area contributed by atoms with Crippen LogP contribution in [0.1, 0.15) is 37.6 Å². The highest BCUT2D eigenvalue weighted by Gasteiger charge is 2.34. The third-order valence-electron chi connectivity index (χ3n) is 4.03. The maximum absolute atomic E-state index is 12.8. The van der Waals surface area contributed by atoms with Crippen molar-refractivity contribution in [2.45, 2.75) is 39.3 Å². The Labute approximate surface area is 183 Å². The smallest absolute Gasteiger partial charge is 0.308 e. The van der Waals surface area contributed by atoms with Crippen molar-refractivity contribution < 1.29 is 23.9 Å². The van der Waals surface area contributed by atoms with Gasteiger partial charge in [0.05, 0.1) is 24.7 Å². The van der Waals surface area contributed by atoms with E-state index in [4.69, 9.17) is 21.7 Å². The Hall–Kier alpha value is -2.20. The van der Waals surface area contributed by atoms with Crippen LogP contribution in [0.4, 0.5) is 0 Å². The number of halogens is 1. The van der Waals surface area contributed by atoms with Gasteiger partial charge in [-0.1, -0.05) is 15.9 Å². The summed E-state index contributed by atoms with van der Waals surface area (Å²) < 4.78 is 11.4. The van der Waals surface area contributed by atoms with Crippen molar-refractivity contribution in [3.63, 3.8) is 0 Å². The van der Waals surface area contributed by atoms with Crippen molar-refractivity contribution in [2.24, 2.45) is 0 Å². The normalized spacial score (nSPS) is 16.2. The number of hydrogen-bond donors (Lipinski definition) is 2. The van der Waals surface area contributed by atoms with Crippen LogP contribution in [0.15, 0.2) is 22.7 Å². The number of nitrogens with zero attached hydrogens (tertiary/aromatic N) is 1. The molecule has 1 aliphatic rings. The molecule has 1 aliphatic heterocycles. The average molecular weight is 486 g/mol. The first-order valence-corrected chi connectivity index (χ1v) is 10.4. The van der Waals surface area contributed by atoms with Gasteiger partial charge in [0.2, 0.25) is 5.91 Å². The lowest BCUT2D eigenvalue weighted by atomic mass is 10.1. The van der Waals surface area contributed by atoms with E-state index in [2.05, 4.69) is 26.6 Å². The summed E-state index contributed by atoms with van der Waals surface area (Å²) in [6.07, 6.45) is -0.455. The lowest BCUT2D eigenvalue weighted by Crippen LogP contribution is -2.60. The lowest BCUT2D eigenvalue weighted by molar-refractivity contribution is -0.150. The fourth-order valence-electron chi connectivity index (χ4n) is 2.83. The van der Waals surface area contributed by atoms with Gasteiger partial charge in [-0.25, -0.2) is 0 Å². The Morgan fingerprint density at radius 3 is 2.79 bits per heavy atom. The highest BCUT2D eigenvalue weighted by Crippen LogP contribution is 2.23. The van der Waals surface area contributed by atoms with Crippen LogP contribution in [0, 0.1) is 0 Å². The number of carbonyl (C=O) groups excluding carboxylic acids is 3. The summed E-state index contributed by atoms with van der Waals surface area (Å²) in [5, 5.41) is 5.41. The number of carbonyl (C=O) groups is 3. The Balaban J connectivity index is 2.15.